The summed E-state index contributed by atoms with van der Waals surface area (Å²) in [7, 11) is 1.56. The molecule has 0 atom stereocenters. The number of methoxy groups -OCH3 is 1. The first-order valence-electron chi connectivity index (χ1n) is 6.62. The summed E-state index contributed by atoms with van der Waals surface area (Å²) in [5.74, 6) is 1.30. The number of hydrogen-bond acceptors (Lipinski definition) is 4. The Balaban J connectivity index is 2.26. The van der Waals surface area contributed by atoms with Crippen molar-refractivity contribution in [2.45, 2.75) is 11.8 Å². The van der Waals surface area contributed by atoms with Gasteiger partial charge in [0, 0.05) is 10.6 Å². The lowest BCUT2D eigenvalue weighted by molar-refractivity contribution is 0.102. The van der Waals surface area contributed by atoms with Crippen LogP contribution in [0.4, 0.5) is 11.4 Å². The van der Waals surface area contributed by atoms with Crippen LogP contribution in [0.2, 0.25) is 0 Å². The predicted octanol–water partition coefficient (Wildman–Crippen LogP) is 3.64. The number of benzene rings is 2. The first kappa shape index (κ1) is 15.3. The number of amides is 1. The highest BCUT2D eigenvalue weighted by Gasteiger charge is 2.13. The third kappa shape index (κ3) is 3.70. The van der Waals surface area contributed by atoms with Gasteiger partial charge in [0.25, 0.3) is 5.91 Å². The molecule has 2 rings (SSSR count). The number of carbonyl (C=O) groups excluding carboxylic acids is 1. The van der Waals surface area contributed by atoms with Crippen LogP contribution < -0.4 is 15.8 Å². The molecule has 0 aromatic heterocycles. The molecule has 0 spiro atoms. The van der Waals surface area contributed by atoms with E-state index in [1.165, 1.54) is 0 Å². The van der Waals surface area contributed by atoms with Gasteiger partial charge in [0.2, 0.25) is 0 Å². The standard InChI is InChI=1S/C16H18N2O2S/c1-3-21-15-7-5-4-6-14(15)18-16(19)12-10-11(20-2)8-9-13(12)17/h4-10H,3,17H2,1-2H3,(H,18,19). The highest BCUT2D eigenvalue weighted by molar-refractivity contribution is 7.99. The summed E-state index contributed by atoms with van der Waals surface area (Å²) in [5, 5.41) is 2.91. The number of hydrogen-bond donors (Lipinski definition) is 2. The van der Waals surface area contributed by atoms with Crippen LogP contribution in [0.3, 0.4) is 0 Å². The number of ether oxygens (including phenoxy) is 1. The molecule has 0 aliphatic rings. The van der Waals surface area contributed by atoms with Crippen LogP contribution in [-0.4, -0.2) is 18.8 Å². The van der Waals surface area contributed by atoms with E-state index in [9.17, 15) is 4.79 Å². The van der Waals surface area contributed by atoms with E-state index in [4.69, 9.17) is 10.5 Å². The van der Waals surface area contributed by atoms with Crippen LogP contribution in [0.25, 0.3) is 0 Å². The van der Waals surface area contributed by atoms with Gasteiger partial charge in [0.1, 0.15) is 5.75 Å². The minimum Gasteiger partial charge on any atom is -0.497 e. The summed E-state index contributed by atoms with van der Waals surface area (Å²) < 4.78 is 5.13. The smallest absolute Gasteiger partial charge is 0.257 e. The highest BCUT2D eigenvalue weighted by atomic mass is 32.2. The monoisotopic (exact) mass is 302 g/mol. The lowest BCUT2D eigenvalue weighted by Gasteiger charge is -2.12. The van der Waals surface area contributed by atoms with Crippen molar-refractivity contribution in [1.29, 1.82) is 0 Å². The molecule has 5 heteroatoms. The molecule has 0 radical (unpaired) electrons. The van der Waals surface area contributed by atoms with Crippen molar-refractivity contribution in [3.05, 3.63) is 48.0 Å². The third-order valence-electron chi connectivity index (χ3n) is 2.94. The molecule has 0 bridgehead atoms. The maximum atomic E-state index is 12.4. The number of anilines is 2. The molecule has 2 aromatic carbocycles. The molecular weight excluding hydrogens is 284 g/mol. The number of nitrogens with two attached hydrogens (primary N) is 1. The van der Waals surface area contributed by atoms with Gasteiger partial charge in [0.05, 0.1) is 18.4 Å². The number of rotatable bonds is 5. The molecule has 110 valence electrons. The minimum atomic E-state index is -0.240. The van der Waals surface area contributed by atoms with E-state index in [0.29, 0.717) is 17.0 Å². The zero-order chi connectivity index (χ0) is 15.2. The van der Waals surface area contributed by atoms with Crippen molar-refractivity contribution in [3.8, 4) is 5.75 Å². The summed E-state index contributed by atoms with van der Waals surface area (Å²) in [6.45, 7) is 2.07. The molecule has 0 aliphatic heterocycles. The van der Waals surface area contributed by atoms with E-state index < -0.39 is 0 Å². The predicted molar refractivity (Wildman–Crippen MR) is 88.2 cm³/mol. The lowest BCUT2D eigenvalue weighted by atomic mass is 10.1. The van der Waals surface area contributed by atoms with Gasteiger partial charge in [-0.1, -0.05) is 19.1 Å². The quantitative estimate of drug-likeness (QED) is 0.654. The summed E-state index contributed by atoms with van der Waals surface area (Å²) >= 11 is 1.68. The zero-order valence-corrected chi connectivity index (χ0v) is 12.9. The molecule has 2 aromatic rings. The van der Waals surface area contributed by atoms with Crippen molar-refractivity contribution in [1.82, 2.24) is 0 Å². The van der Waals surface area contributed by atoms with Crippen LogP contribution in [0.5, 0.6) is 5.75 Å². The number of carbonyl (C=O) groups is 1. The average molecular weight is 302 g/mol. The molecule has 4 nitrogen and oxygen atoms in total. The normalized spacial score (nSPS) is 10.2. The average Bonchev–Trinajstić information content (AvgIpc) is 2.50. The summed E-state index contributed by atoms with van der Waals surface area (Å²) in [4.78, 5) is 13.4. The Hall–Kier alpha value is -2.14. The van der Waals surface area contributed by atoms with E-state index in [-0.39, 0.29) is 5.91 Å². The highest BCUT2D eigenvalue weighted by Crippen LogP contribution is 2.28. The molecule has 0 saturated carbocycles. The Kier molecular flexibility index (Phi) is 5.11. The molecule has 0 heterocycles. The fourth-order valence-electron chi connectivity index (χ4n) is 1.90. The van der Waals surface area contributed by atoms with Crippen molar-refractivity contribution >= 4 is 29.0 Å². The van der Waals surface area contributed by atoms with Gasteiger partial charge < -0.3 is 15.8 Å². The lowest BCUT2D eigenvalue weighted by Crippen LogP contribution is -2.14. The third-order valence-corrected chi connectivity index (χ3v) is 3.90. The topological polar surface area (TPSA) is 64.3 Å². The van der Waals surface area contributed by atoms with Gasteiger partial charge in [-0.05, 0) is 36.1 Å². The van der Waals surface area contributed by atoms with Crippen molar-refractivity contribution < 1.29 is 9.53 Å². The van der Waals surface area contributed by atoms with Gasteiger partial charge in [-0.25, -0.2) is 0 Å². The Bertz CT molecular complexity index is 644. The summed E-state index contributed by atoms with van der Waals surface area (Å²) in [6.07, 6.45) is 0. The van der Waals surface area contributed by atoms with Gasteiger partial charge in [0.15, 0.2) is 0 Å². The second-order valence-corrected chi connectivity index (χ2v) is 5.64. The van der Waals surface area contributed by atoms with Crippen LogP contribution in [-0.2, 0) is 0 Å². The van der Waals surface area contributed by atoms with E-state index in [1.807, 2.05) is 24.3 Å². The summed E-state index contributed by atoms with van der Waals surface area (Å²) in [6, 6.07) is 12.7. The maximum Gasteiger partial charge on any atom is 0.257 e. The fraction of sp³-hybridized carbons (Fsp3) is 0.188. The number of para-hydroxylation sites is 1. The first-order valence-corrected chi connectivity index (χ1v) is 7.61. The molecule has 0 unspecified atom stereocenters. The number of nitrogens with one attached hydrogen (secondary N) is 1. The molecular formula is C16H18N2O2S. The Labute approximate surface area is 128 Å². The SMILES string of the molecule is CCSc1ccccc1NC(=O)c1cc(OC)ccc1N. The second-order valence-electron chi connectivity index (χ2n) is 4.34. The first-order chi connectivity index (χ1) is 10.2. The van der Waals surface area contributed by atoms with Crippen LogP contribution in [0.15, 0.2) is 47.4 Å². The molecule has 21 heavy (non-hydrogen) atoms. The van der Waals surface area contributed by atoms with Crippen LogP contribution in [0, 0.1) is 0 Å². The van der Waals surface area contributed by atoms with E-state index in [1.54, 1.807) is 37.1 Å². The molecule has 0 aliphatic carbocycles. The summed E-state index contributed by atoms with van der Waals surface area (Å²) in [5.41, 5.74) is 7.50. The van der Waals surface area contributed by atoms with E-state index >= 15 is 0 Å². The van der Waals surface area contributed by atoms with E-state index in [0.717, 1.165) is 16.3 Å². The number of nitrogen functional groups attached to an aromatic ring is 1. The molecule has 0 saturated heterocycles. The van der Waals surface area contributed by atoms with E-state index in [2.05, 4.69) is 12.2 Å². The molecule has 0 fully saturated rings. The van der Waals surface area contributed by atoms with Crippen LogP contribution in [0.1, 0.15) is 17.3 Å². The van der Waals surface area contributed by atoms with Crippen molar-refractivity contribution in [2.75, 3.05) is 23.9 Å². The van der Waals surface area contributed by atoms with Gasteiger partial charge in [-0.2, -0.15) is 0 Å². The maximum absolute atomic E-state index is 12.4. The zero-order valence-electron chi connectivity index (χ0n) is 12.1. The van der Waals surface area contributed by atoms with Gasteiger partial charge in [-0.3, -0.25) is 4.79 Å². The van der Waals surface area contributed by atoms with Gasteiger partial charge in [-0.15, -0.1) is 11.8 Å². The fourth-order valence-corrected chi connectivity index (χ4v) is 2.66. The van der Waals surface area contributed by atoms with Gasteiger partial charge >= 0.3 is 0 Å². The minimum absolute atomic E-state index is 0.240. The molecule has 3 N–H and O–H groups in total. The van der Waals surface area contributed by atoms with Crippen molar-refractivity contribution in [2.24, 2.45) is 0 Å². The Morgan fingerprint density at radius 3 is 2.76 bits per heavy atom. The van der Waals surface area contributed by atoms with Crippen LogP contribution >= 0.6 is 11.8 Å². The largest absolute Gasteiger partial charge is 0.497 e. The second kappa shape index (κ2) is 7.04. The number of thioether (sulfide) groups is 1. The Morgan fingerprint density at radius 2 is 2.05 bits per heavy atom. The van der Waals surface area contributed by atoms with Crippen molar-refractivity contribution in [3.63, 3.8) is 0 Å². The Morgan fingerprint density at radius 1 is 1.29 bits per heavy atom. The molecule has 1 amide bonds.